The molecule has 1 aromatic carbocycles. The van der Waals surface area contributed by atoms with E-state index in [9.17, 15) is 9.59 Å². The highest BCUT2D eigenvalue weighted by Crippen LogP contribution is 2.23. The maximum Gasteiger partial charge on any atom is 0.270 e. The molecule has 1 N–H and O–H groups in total. The van der Waals surface area contributed by atoms with Gasteiger partial charge in [0.1, 0.15) is 11.5 Å². The fraction of sp³-hybridized carbons (Fsp3) is 0.100. The standard InChI is InChI=1S/C20H17ClN2O3S/c1-23(13-16-9-10-18(21)27-16)20(25)17(12-15-8-5-11-26-15)22-19(24)14-6-3-2-4-7-14/h2-12H,13H2,1H3,(H,22,24)/b17-12-. The van der Waals surface area contributed by atoms with Crippen molar-refractivity contribution in [1.29, 1.82) is 0 Å². The Morgan fingerprint density at radius 1 is 1.15 bits per heavy atom. The molecule has 0 spiro atoms. The molecule has 7 heteroatoms. The first-order valence-corrected chi connectivity index (χ1v) is 9.33. The SMILES string of the molecule is CN(Cc1ccc(Cl)s1)C(=O)/C(=C/c1ccco1)NC(=O)c1ccccc1. The van der Waals surface area contributed by atoms with E-state index in [-0.39, 0.29) is 17.5 Å². The number of carbonyl (C=O) groups is 2. The van der Waals surface area contributed by atoms with E-state index in [2.05, 4.69) is 5.32 Å². The monoisotopic (exact) mass is 400 g/mol. The van der Waals surface area contributed by atoms with Crippen LogP contribution in [-0.2, 0) is 11.3 Å². The van der Waals surface area contributed by atoms with E-state index >= 15 is 0 Å². The number of thiophene rings is 1. The Kier molecular flexibility index (Phi) is 6.11. The molecule has 2 amide bonds. The molecule has 0 saturated heterocycles. The van der Waals surface area contributed by atoms with Crippen molar-refractivity contribution < 1.29 is 14.0 Å². The third-order valence-corrected chi connectivity index (χ3v) is 4.93. The van der Waals surface area contributed by atoms with Gasteiger partial charge in [-0.2, -0.15) is 0 Å². The van der Waals surface area contributed by atoms with Crippen LogP contribution in [-0.4, -0.2) is 23.8 Å². The van der Waals surface area contributed by atoms with Crippen molar-refractivity contribution in [2.75, 3.05) is 7.05 Å². The Bertz CT molecular complexity index is 949. The maximum absolute atomic E-state index is 12.9. The highest BCUT2D eigenvalue weighted by atomic mass is 35.5. The molecule has 0 atom stereocenters. The van der Waals surface area contributed by atoms with Gasteiger partial charge in [0.25, 0.3) is 11.8 Å². The van der Waals surface area contributed by atoms with Crippen LogP contribution >= 0.6 is 22.9 Å². The molecular formula is C20H17ClN2O3S. The number of likely N-dealkylation sites (N-methyl/N-ethyl adjacent to an activating group) is 1. The number of nitrogens with one attached hydrogen (secondary N) is 1. The van der Waals surface area contributed by atoms with Crippen molar-refractivity contribution in [3.05, 3.63) is 87.1 Å². The van der Waals surface area contributed by atoms with E-state index in [0.717, 1.165) is 4.88 Å². The minimum absolute atomic E-state index is 0.129. The van der Waals surface area contributed by atoms with Crippen molar-refractivity contribution >= 4 is 40.8 Å². The number of rotatable bonds is 6. The Labute approximate surface area is 165 Å². The van der Waals surface area contributed by atoms with Crippen LogP contribution in [0.15, 0.2) is 71.0 Å². The number of furan rings is 1. The number of amides is 2. The van der Waals surface area contributed by atoms with Crippen LogP contribution in [0.4, 0.5) is 0 Å². The summed E-state index contributed by atoms with van der Waals surface area (Å²) in [7, 11) is 1.67. The van der Waals surface area contributed by atoms with Crippen molar-refractivity contribution in [1.82, 2.24) is 10.2 Å². The van der Waals surface area contributed by atoms with Gasteiger partial charge in [0.2, 0.25) is 0 Å². The molecule has 0 radical (unpaired) electrons. The molecule has 0 aliphatic rings. The average Bonchev–Trinajstić information content (AvgIpc) is 3.33. The maximum atomic E-state index is 12.9. The lowest BCUT2D eigenvalue weighted by atomic mass is 10.2. The topological polar surface area (TPSA) is 62.6 Å². The second kappa shape index (κ2) is 8.70. The molecule has 0 saturated carbocycles. The van der Waals surface area contributed by atoms with Crippen LogP contribution in [0.3, 0.4) is 0 Å². The van der Waals surface area contributed by atoms with Gasteiger partial charge in [-0.25, -0.2) is 0 Å². The molecule has 0 bridgehead atoms. The fourth-order valence-corrected chi connectivity index (χ4v) is 3.54. The summed E-state index contributed by atoms with van der Waals surface area (Å²) in [6, 6.07) is 15.8. The first kappa shape index (κ1) is 18.9. The van der Waals surface area contributed by atoms with Gasteiger partial charge in [-0.15, -0.1) is 11.3 Å². The molecular weight excluding hydrogens is 384 g/mol. The number of nitrogens with zero attached hydrogens (tertiary/aromatic N) is 1. The van der Waals surface area contributed by atoms with E-state index in [1.807, 2.05) is 12.1 Å². The zero-order valence-corrected chi connectivity index (χ0v) is 16.1. The predicted molar refractivity (Wildman–Crippen MR) is 106 cm³/mol. The van der Waals surface area contributed by atoms with Gasteiger partial charge in [0.05, 0.1) is 17.1 Å². The lowest BCUT2D eigenvalue weighted by Gasteiger charge is -2.19. The van der Waals surface area contributed by atoms with Crippen LogP contribution in [0.1, 0.15) is 21.0 Å². The summed E-state index contributed by atoms with van der Waals surface area (Å²) < 4.78 is 5.95. The van der Waals surface area contributed by atoms with Crippen LogP contribution in [0.5, 0.6) is 0 Å². The normalized spacial score (nSPS) is 11.3. The lowest BCUT2D eigenvalue weighted by molar-refractivity contribution is -0.126. The summed E-state index contributed by atoms with van der Waals surface area (Å²) >= 11 is 7.36. The summed E-state index contributed by atoms with van der Waals surface area (Å²) in [5.74, 6) is -0.228. The van der Waals surface area contributed by atoms with Crippen LogP contribution < -0.4 is 5.32 Å². The molecule has 0 aliphatic carbocycles. The summed E-state index contributed by atoms with van der Waals surface area (Å²) in [5.41, 5.74) is 0.590. The molecule has 0 aliphatic heterocycles. The van der Waals surface area contributed by atoms with Crippen molar-refractivity contribution in [2.24, 2.45) is 0 Å². The average molecular weight is 401 g/mol. The fourth-order valence-electron chi connectivity index (χ4n) is 2.40. The third kappa shape index (κ3) is 5.09. The highest BCUT2D eigenvalue weighted by Gasteiger charge is 2.19. The summed E-state index contributed by atoms with van der Waals surface area (Å²) in [6.07, 6.45) is 3.02. The lowest BCUT2D eigenvalue weighted by Crippen LogP contribution is -2.35. The van der Waals surface area contributed by atoms with Crippen LogP contribution in [0, 0.1) is 0 Å². The van der Waals surface area contributed by atoms with Gasteiger partial charge in [-0.3, -0.25) is 9.59 Å². The van der Waals surface area contributed by atoms with E-state index < -0.39 is 0 Å². The largest absolute Gasteiger partial charge is 0.465 e. The molecule has 2 heterocycles. The first-order chi connectivity index (χ1) is 13.0. The predicted octanol–water partition coefficient (Wildman–Crippen LogP) is 4.42. The minimum Gasteiger partial charge on any atom is -0.465 e. The molecule has 138 valence electrons. The van der Waals surface area contributed by atoms with Crippen LogP contribution in [0.25, 0.3) is 6.08 Å². The molecule has 0 fully saturated rings. The van der Waals surface area contributed by atoms with Crippen molar-refractivity contribution in [3.63, 3.8) is 0 Å². The van der Waals surface area contributed by atoms with Crippen molar-refractivity contribution in [3.8, 4) is 0 Å². The minimum atomic E-state index is -0.366. The van der Waals surface area contributed by atoms with Gasteiger partial charge in [-0.05, 0) is 36.4 Å². The van der Waals surface area contributed by atoms with E-state index in [0.29, 0.717) is 22.2 Å². The molecule has 27 heavy (non-hydrogen) atoms. The van der Waals surface area contributed by atoms with Crippen molar-refractivity contribution in [2.45, 2.75) is 6.54 Å². The number of carbonyl (C=O) groups excluding carboxylic acids is 2. The molecule has 3 aromatic rings. The van der Waals surface area contributed by atoms with Gasteiger partial charge in [0.15, 0.2) is 0 Å². The van der Waals surface area contributed by atoms with Gasteiger partial charge >= 0.3 is 0 Å². The number of hydrogen-bond donors (Lipinski definition) is 1. The molecule has 0 unspecified atom stereocenters. The Hall–Kier alpha value is -2.83. The Morgan fingerprint density at radius 2 is 1.93 bits per heavy atom. The van der Waals surface area contributed by atoms with Gasteiger partial charge < -0.3 is 14.6 Å². The highest BCUT2D eigenvalue weighted by molar-refractivity contribution is 7.16. The molecule has 5 nitrogen and oxygen atoms in total. The Morgan fingerprint density at radius 3 is 2.56 bits per heavy atom. The van der Waals surface area contributed by atoms with Gasteiger partial charge in [-0.1, -0.05) is 29.8 Å². The summed E-state index contributed by atoms with van der Waals surface area (Å²) in [6.45, 7) is 0.382. The van der Waals surface area contributed by atoms with E-state index in [1.54, 1.807) is 49.5 Å². The quantitative estimate of drug-likeness (QED) is 0.623. The zero-order valence-electron chi connectivity index (χ0n) is 14.5. The number of halogens is 1. The van der Waals surface area contributed by atoms with E-state index in [4.69, 9.17) is 16.0 Å². The molecule has 2 aromatic heterocycles. The second-order valence-corrected chi connectivity index (χ2v) is 7.56. The third-order valence-electron chi connectivity index (χ3n) is 3.71. The van der Waals surface area contributed by atoms with Crippen LogP contribution in [0.2, 0.25) is 4.34 Å². The summed E-state index contributed by atoms with van der Waals surface area (Å²) in [4.78, 5) is 27.9. The summed E-state index contributed by atoms with van der Waals surface area (Å²) in [5, 5.41) is 2.69. The van der Waals surface area contributed by atoms with E-state index in [1.165, 1.54) is 28.6 Å². The zero-order chi connectivity index (χ0) is 19.2. The smallest absolute Gasteiger partial charge is 0.270 e. The second-order valence-electron chi connectivity index (χ2n) is 5.76. The number of hydrogen-bond acceptors (Lipinski definition) is 4. The van der Waals surface area contributed by atoms with Gasteiger partial charge in [0, 0.05) is 23.6 Å². The Balaban J connectivity index is 1.81. The first-order valence-electron chi connectivity index (χ1n) is 8.14. The number of benzene rings is 1. The molecule has 3 rings (SSSR count).